The van der Waals surface area contributed by atoms with Gasteiger partial charge in [-0.2, -0.15) is 5.26 Å². The molecule has 29 heavy (non-hydrogen) atoms. The number of aromatic nitrogens is 1. The Kier molecular flexibility index (Phi) is 5.95. The number of rotatable bonds is 5. The van der Waals surface area contributed by atoms with Crippen LogP contribution in [0.4, 0.5) is 0 Å². The van der Waals surface area contributed by atoms with E-state index in [2.05, 4.69) is 4.98 Å². The van der Waals surface area contributed by atoms with Crippen LogP contribution >= 0.6 is 11.6 Å². The maximum Gasteiger partial charge on any atom is 0.338 e. The molecule has 0 saturated heterocycles. The molecular weight excluding hydrogens is 394 g/mol. The van der Waals surface area contributed by atoms with Crippen molar-refractivity contribution in [2.75, 3.05) is 13.2 Å². The van der Waals surface area contributed by atoms with Crippen LogP contribution in [0, 0.1) is 11.3 Å². The fourth-order valence-electron chi connectivity index (χ4n) is 3.27. The standard InChI is InChI=1S/C21H20ClN3O4/c1-4-27-13-6-7-16-12(8-13)9-14(19(22)25-16)18-15(10-23)20(24)29-11(3)17(18)21(26)28-5-2/h6-9,18H,4-5,24H2,1-3H3/t18-/m0/s1. The van der Waals surface area contributed by atoms with Crippen LogP contribution in [-0.4, -0.2) is 24.2 Å². The summed E-state index contributed by atoms with van der Waals surface area (Å²) in [5, 5.41) is 10.6. The first kappa shape index (κ1) is 20.5. The molecule has 0 aliphatic carbocycles. The maximum absolute atomic E-state index is 12.7. The first-order valence-corrected chi connectivity index (χ1v) is 9.47. The Bertz CT molecular complexity index is 1090. The van der Waals surface area contributed by atoms with E-state index in [9.17, 15) is 10.1 Å². The number of nitrogens with zero attached hydrogens (tertiary/aromatic N) is 2. The van der Waals surface area contributed by atoms with E-state index >= 15 is 0 Å². The van der Waals surface area contributed by atoms with Crippen molar-refractivity contribution in [2.45, 2.75) is 26.7 Å². The van der Waals surface area contributed by atoms with Crippen molar-refractivity contribution >= 4 is 28.5 Å². The van der Waals surface area contributed by atoms with Gasteiger partial charge in [0.2, 0.25) is 5.88 Å². The fraction of sp³-hybridized carbons (Fsp3) is 0.286. The number of benzene rings is 1. The van der Waals surface area contributed by atoms with Gasteiger partial charge in [-0.15, -0.1) is 0 Å². The molecule has 8 heteroatoms. The van der Waals surface area contributed by atoms with Gasteiger partial charge in [-0.3, -0.25) is 0 Å². The fourth-order valence-corrected chi connectivity index (χ4v) is 3.53. The van der Waals surface area contributed by atoms with Gasteiger partial charge in [0.25, 0.3) is 0 Å². The first-order valence-electron chi connectivity index (χ1n) is 9.09. The summed E-state index contributed by atoms with van der Waals surface area (Å²) in [5.74, 6) is -0.608. The summed E-state index contributed by atoms with van der Waals surface area (Å²) in [4.78, 5) is 17.1. The normalized spacial score (nSPS) is 16.4. The molecule has 2 heterocycles. The molecule has 0 fully saturated rings. The molecule has 0 bridgehead atoms. The van der Waals surface area contributed by atoms with Crippen molar-refractivity contribution in [1.29, 1.82) is 5.26 Å². The van der Waals surface area contributed by atoms with E-state index in [0.717, 1.165) is 5.39 Å². The topological polar surface area (TPSA) is 107 Å². The molecule has 0 amide bonds. The maximum atomic E-state index is 12.7. The van der Waals surface area contributed by atoms with Crippen LogP contribution in [0.15, 0.2) is 47.1 Å². The number of nitrogens with two attached hydrogens (primary N) is 1. The lowest BCUT2D eigenvalue weighted by atomic mass is 9.83. The summed E-state index contributed by atoms with van der Waals surface area (Å²) in [6.45, 7) is 5.87. The molecule has 2 aromatic rings. The van der Waals surface area contributed by atoms with Crippen LogP contribution in [0.3, 0.4) is 0 Å². The molecule has 0 radical (unpaired) electrons. The molecule has 1 atom stereocenters. The van der Waals surface area contributed by atoms with Gasteiger partial charge in [0.1, 0.15) is 28.3 Å². The number of allylic oxidation sites excluding steroid dienone is 2. The average Bonchev–Trinajstić information content (AvgIpc) is 2.67. The van der Waals surface area contributed by atoms with Gasteiger partial charge >= 0.3 is 5.97 Å². The predicted octanol–water partition coefficient (Wildman–Crippen LogP) is 3.93. The molecular formula is C21H20ClN3O4. The van der Waals surface area contributed by atoms with Crippen molar-refractivity contribution in [2.24, 2.45) is 5.73 Å². The Balaban J connectivity index is 2.24. The van der Waals surface area contributed by atoms with Crippen LogP contribution in [-0.2, 0) is 14.3 Å². The molecule has 0 saturated carbocycles. The summed E-state index contributed by atoms with van der Waals surface area (Å²) in [5.41, 5.74) is 7.29. The second-order valence-electron chi connectivity index (χ2n) is 6.27. The summed E-state index contributed by atoms with van der Waals surface area (Å²) in [6.07, 6.45) is 0. The van der Waals surface area contributed by atoms with Crippen molar-refractivity contribution in [1.82, 2.24) is 4.98 Å². The molecule has 0 unspecified atom stereocenters. The second-order valence-corrected chi connectivity index (χ2v) is 6.63. The smallest absolute Gasteiger partial charge is 0.338 e. The van der Waals surface area contributed by atoms with Crippen molar-refractivity contribution < 1.29 is 19.0 Å². The number of ether oxygens (including phenoxy) is 3. The number of carbonyl (C=O) groups excluding carboxylic acids is 1. The van der Waals surface area contributed by atoms with Gasteiger partial charge in [-0.25, -0.2) is 9.78 Å². The average molecular weight is 414 g/mol. The lowest BCUT2D eigenvalue weighted by Crippen LogP contribution is -2.25. The second kappa shape index (κ2) is 8.41. The molecule has 1 aliphatic rings. The van der Waals surface area contributed by atoms with E-state index in [1.807, 2.05) is 19.1 Å². The Labute approximate surface area is 173 Å². The highest BCUT2D eigenvalue weighted by molar-refractivity contribution is 6.30. The highest BCUT2D eigenvalue weighted by Crippen LogP contribution is 2.42. The number of pyridine rings is 1. The van der Waals surface area contributed by atoms with Gasteiger partial charge in [0.05, 0.1) is 30.2 Å². The Morgan fingerprint density at radius 3 is 2.76 bits per heavy atom. The number of nitriles is 1. The zero-order chi connectivity index (χ0) is 21.1. The lowest BCUT2D eigenvalue weighted by Gasteiger charge is -2.27. The van der Waals surface area contributed by atoms with Crippen molar-refractivity contribution in [3.63, 3.8) is 0 Å². The van der Waals surface area contributed by atoms with E-state index in [1.165, 1.54) is 0 Å². The molecule has 2 N–H and O–H groups in total. The predicted molar refractivity (Wildman–Crippen MR) is 108 cm³/mol. The summed E-state index contributed by atoms with van der Waals surface area (Å²) in [6, 6.07) is 9.23. The van der Waals surface area contributed by atoms with Crippen LogP contribution < -0.4 is 10.5 Å². The molecule has 150 valence electrons. The Morgan fingerprint density at radius 1 is 1.34 bits per heavy atom. The molecule has 1 aromatic heterocycles. The largest absolute Gasteiger partial charge is 0.494 e. The number of fused-ring (bicyclic) bond motifs is 1. The van der Waals surface area contributed by atoms with Gasteiger partial charge in [-0.05, 0) is 45.0 Å². The van der Waals surface area contributed by atoms with E-state index in [0.29, 0.717) is 23.4 Å². The zero-order valence-corrected chi connectivity index (χ0v) is 17.0. The lowest BCUT2D eigenvalue weighted by molar-refractivity contribution is -0.139. The Morgan fingerprint density at radius 2 is 2.10 bits per heavy atom. The molecule has 1 aliphatic heterocycles. The highest BCUT2D eigenvalue weighted by atomic mass is 35.5. The zero-order valence-electron chi connectivity index (χ0n) is 16.3. The van der Waals surface area contributed by atoms with E-state index in [1.54, 1.807) is 32.0 Å². The SMILES string of the molecule is CCOC(=O)C1=C(C)OC(N)=C(C#N)[C@@H]1c1cc2cc(OCC)ccc2nc1Cl. The van der Waals surface area contributed by atoms with Crippen LogP contribution in [0.5, 0.6) is 5.75 Å². The minimum atomic E-state index is -0.854. The number of hydrogen-bond donors (Lipinski definition) is 1. The number of carbonyl (C=O) groups is 1. The quantitative estimate of drug-likeness (QED) is 0.584. The minimum Gasteiger partial charge on any atom is -0.494 e. The van der Waals surface area contributed by atoms with Gasteiger partial charge in [0.15, 0.2) is 0 Å². The third-order valence-electron chi connectivity index (χ3n) is 4.49. The third kappa shape index (κ3) is 3.84. The van der Waals surface area contributed by atoms with Crippen molar-refractivity contribution in [3.8, 4) is 11.8 Å². The minimum absolute atomic E-state index is 0.0719. The van der Waals surface area contributed by atoms with Crippen LogP contribution in [0.25, 0.3) is 10.9 Å². The molecule has 7 nitrogen and oxygen atoms in total. The summed E-state index contributed by atoms with van der Waals surface area (Å²) < 4.78 is 16.2. The van der Waals surface area contributed by atoms with Crippen LogP contribution in [0.2, 0.25) is 5.15 Å². The van der Waals surface area contributed by atoms with Gasteiger partial charge < -0.3 is 19.9 Å². The van der Waals surface area contributed by atoms with E-state index < -0.39 is 11.9 Å². The molecule has 1 aromatic carbocycles. The summed E-state index contributed by atoms with van der Waals surface area (Å²) >= 11 is 6.47. The number of esters is 1. The van der Waals surface area contributed by atoms with Crippen LogP contribution in [0.1, 0.15) is 32.3 Å². The monoisotopic (exact) mass is 413 g/mol. The van der Waals surface area contributed by atoms with E-state index in [4.69, 9.17) is 31.5 Å². The van der Waals surface area contributed by atoms with Gasteiger partial charge in [-0.1, -0.05) is 11.6 Å². The van der Waals surface area contributed by atoms with Crippen molar-refractivity contribution in [3.05, 3.63) is 57.8 Å². The van der Waals surface area contributed by atoms with E-state index in [-0.39, 0.29) is 34.5 Å². The highest BCUT2D eigenvalue weighted by Gasteiger charge is 2.37. The third-order valence-corrected chi connectivity index (χ3v) is 4.79. The summed E-state index contributed by atoms with van der Waals surface area (Å²) in [7, 11) is 0. The first-order chi connectivity index (χ1) is 13.9. The number of hydrogen-bond acceptors (Lipinski definition) is 7. The molecule has 0 spiro atoms. The Hall–Kier alpha value is -3.24. The van der Waals surface area contributed by atoms with Gasteiger partial charge in [0, 0.05) is 10.9 Å². The molecule has 3 rings (SSSR count). The number of halogens is 1.